The first-order chi connectivity index (χ1) is 22.9. The molecule has 0 saturated carbocycles. The Morgan fingerprint density at radius 3 is 2.21 bits per heavy atom. The van der Waals surface area contributed by atoms with Crippen LogP contribution in [0.5, 0.6) is 0 Å². The molecule has 1 fully saturated rings. The van der Waals surface area contributed by atoms with Crippen molar-refractivity contribution in [1.29, 1.82) is 0 Å². The normalized spacial score (nSPS) is 24.1. The third-order valence-corrected chi connectivity index (χ3v) is 10.8. The number of hydrogen-bond acceptors (Lipinski definition) is 7. The van der Waals surface area contributed by atoms with E-state index in [1.165, 1.54) is 22.3 Å². The number of aromatic amines is 2. The quantitative estimate of drug-likeness (QED) is 0.205. The van der Waals surface area contributed by atoms with E-state index < -0.39 is 31.0 Å². The van der Waals surface area contributed by atoms with Crippen LogP contribution in [0, 0.1) is 20.8 Å². The lowest BCUT2D eigenvalue weighted by Gasteiger charge is -2.37. The number of hydrogen-bond donors (Lipinski definition) is 6. The predicted octanol–water partition coefficient (Wildman–Crippen LogP) is 5.19. The predicted molar refractivity (Wildman–Crippen MR) is 189 cm³/mol. The van der Waals surface area contributed by atoms with Crippen LogP contribution < -0.4 is 5.32 Å². The number of aromatic nitrogens is 4. The van der Waals surface area contributed by atoms with E-state index in [2.05, 4.69) is 88.0 Å². The van der Waals surface area contributed by atoms with Gasteiger partial charge in [0.2, 0.25) is 5.91 Å². The number of fused-ring (bicyclic) bond motifs is 8. The maximum Gasteiger partial charge on any atom is 0.220 e. The number of amides is 1. The monoisotopic (exact) mass is 655 g/mol. The molecule has 0 radical (unpaired) electrons. The van der Waals surface area contributed by atoms with Crippen molar-refractivity contribution in [1.82, 2.24) is 25.3 Å². The molecule has 6 rings (SSSR count). The van der Waals surface area contributed by atoms with Gasteiger partial charge in [0.05, 0.1) is 30.6 Å². The molecule has 0 spiro atoms. The number of carbonyl (C=O) groups is 1. The zero-order valence-electron chi connectivity index (χ0n) is 29.1. The highest BCUT2D eigenvalue weighted by atomic mass is 16.5. The molecule has 0 aromatic carbocycles. The Morgan fingerprint density at radius 1 is 0.917 bits per heavy atom. The smallest absolute Gasteiger partial charge is 0.220 e. The minimum absolute atomic E-state index is 0.0144. The molecule has 3 aromatic rings. The van der Waals surface area contributed by atoms with Crippen molar-refractivity contribution in [3.05, 3.63) is 68.8 Å². The number of allylic oxidation sites excluding steroid dienone is 1. The summed E-state index contributed by atoms with van der Waals surface area (Å²) in [6, 6.07) is 5.79. The minimum Gasteiger partial charge on any atom is -0.394 e. The number of nitrogens with one attached hydrogen (secondary N) is 3. The number of ether oxygens (including phenoxy) is 1. The van der Waals surface area contributed by atoms with Crippen LogP contribution in [0.3, 0.4) is 0 Å². The standard InChI is InChI=1S/C38H49N5O5/c1-8-23-20(5)29-15-32-24(9-2)19(4)28(40-32)14-30-21(6)25(10-11-35(45)42-33-17-48-34(16-44)38(47)37(33)46)36(43-30)22(7)27-12-18(3)26(39-27)13-31(23)41-29/h12-15,21,25,33-34,37-38,40-41,44,46-47H,8-11,16-17H2,1-7H3,(H,42,45)/t21-,25-,33-,34+,37+,38+/m0/s1. The topological polar surface area (TPSA) is 156 Å². The van der Waals surface area contributed by atoms with E-state index in [4.69, 9.17) is 14.7 Å². The van der Waals surface area contributed by atoms with Crippen molar-refractivity contribution < 1.29 is 24.9 Å². The van der Waals surface area contributed by atoms with Crippen LogP contribution in [0.15, 0.2) is 18.2 Å². The van der Waals surface area contributed by atoms with Gasteiger partial charge >= 0.3 is 0 Å². The summed E-state index contributed by atoms with van der Waals surface area (Å²) in [5.41, 5.74) is 15.1. The summed E-state index contributed by atoms with van der Waals surface area (Å²) in [6.07, 6.45) is 1.29. The van der Waals surface area contributed by atoms with Crippen LogP contribution >= 0.6 is 0 Å². The summed E-state index contributed by atoms with van der Waals surface area (Å²) >= 11 is 0. The molecule has 6 heterocycles. The van der Waals surface area contributed by atoms with E-state index in [0.717, 1.165) is 68.8 Å². The van der Waals surface area contributed by atoms with Gasteiger partial charge in [0.1, 0.15) is 18.3 Å². The molecule has 48 heavy (non-hydrogen) atoms. The van der Waals surface area contributed by atoms with Gasteiger partial charge in [-0.25, -0.2) is 4.98 Å². The first-order valence-electron chi connectivity index (χ1n) is 17.2. The molecular weight excluding hydrogens is 606 g/mol. The Labute approximate surface area is 281 Å². The summed E-state index contributed by atoms with van der Waals surface area (Å²) in [7, 11) is 0. The van der Waals surface area contributed by atoms with Gasteiger partial charge in [-0.15, -0.1) is 0 Å². The second-order valence-corrected chi connectivity index (χ2v) is 13.7. The van der Waals surface area contributed by atoms with Gasteiger partial charge in [-0.1, -0.05) is 20.8 Å². The van der Waals surface area contributed by atoms with Crippen LogP contribution in [0.4, 0.5) is 0 Å². The largest absolute Gasteiger partial charge is 0.394 e. The lowest BCUT2D eigenvalue weighted by atomic mass is 9.85. The molecule has 10 nitrogen and oxygen atoms in total. The molecule has 3 aliphatic rings. The first kappa shape index (κ1) is 34.0. The fraction of sp³-hybridized carbons (Fsp3) is 0.500. The zero-order valence-corrected chi connectivity index (χ0v) is 29.1. The third kappa shape index (κ3) is 6.11. The number of nitrogens with zero attached hydrogens (tertiary/aromatic N) is 2. The van der Waals surface area contributed by atoms with Crippen molar-refractivity contribution in [2.24, 2.45) is 0 Å². The molecule has 0 unspecified atom stereocenters. The summed E-state index contributed by atoms with van der Waals surface area (Å²) in [5.74, 6) is -0.237. The number of aryl methyl sites for hydroxylation is 4. The number of rotatable bonds is 7. The SMILES string of the molecule is CCc1c(C)c2cc3[nH]c(cc4nc(c(C)c5nc(cc1[nH]2)C(C)=C5)[C@@H](CCC(=O)N[C@H]1CO[C@H](CO)[C@@H](O)[C@@H]1O)[C@@H]4C)c(C)c3CC. The van der Waals surface area contributed by atoms with Crippen molar-refractivity contribution in [2.75, 3.05) is 13.2 Å². The van der Waals surface area contributed by atoms with Crippen molar-refractivity contribution in [3.63, 3.8) is 0 Å². The molecule has 6 N–H and O–H groups in total. The highest BCUT2D eigenvalue weighted by Crippen LogP contribution is 2.42. The molecule has 6 atom stereocenters. The number of H-pyrrole nitrogens is 2. The Kier molecular flexibility index (Phi) is 9.64. The molecule has 1 saturated heterocycles. The summed E-state index contributed by atoms with van der Waals surface area (Å²) in [4.78, 5) is 31.0. The zero-order chi connectivity index (χ0) is 34.4. The number of aliphatic hydroxyl groups excluding tert-OH is 3. The average Bonchev–Trinajstić information content (AvgIpc) is 3.76. The van der Waals surface area contributed by atoms with E-state index in [-0.39, 0.29) is 30.8 Å². The Balaban J connectivity index is 1.44. The summed E-state index contributed by atoms with van der Waals surface area (Å²) in [6.45, 7) is 14.7. The van der Waals surface area contributed by atoms with Gasteiger partial charge in [0, 0.05) is 51.7 Å². The maximum absolute atomic E-state index is 13.2. The second kappa shape index (κ2) is 13.6. The van der Waals surface area contributed by atoms with Crippen molar-refractivity contribution in [2.45, 2.75) is 110 Å². The molecule has 1 amide bonds. The number of carbonyl (C=O) groups excluding carboxylic acids is 1. The van der Waals surface area contributed by atoms with Crippen LogP contribution in [-0.4, -0.2) is 78.7 Å². The van der Waals surface area contributed by atoms with Gasteiger partial charge in [0.15, 0.2) is 0 Å². The lowest BCUT2D eigenvalue weighted by molar-refractivity contribution is -0.164. The molecule has 10 heteroatoms. The number of aliphatic hydroxyl groups is 3. The van der Waals surface area contributed by atoms with E-state index in [0.29, 0.717) is 6.42 Å². The molecule has 3 aromatic heterocycles. The molecule has 3 aliphatic heterocycles. The van der Waals surface area contributed by atoms with E-state index in [1.807, 2.05) is 0 Å². The fourth-order valence-corrected chi connectivity index (χ4v) is 7.65. The van der Waals surface area contributed by atoms with Crippen molar-refractivity contribution in [3.8, 4) is 0 Å². The first-order valence-corrected chi connectivity index (χ1v) is 17.2. The highest BCUT2D eigenvalue weighted by Gasteiger charge is 2.39. The van der Waals surface area contributed by atoms with Crippen LogP contribution in [0.1, 0.15) is 103 Å². The van der Waals surface area contributed by atoms with Gasteiger partial charge in [-0.05, 0) is 105 Å². The van der Waals surface area contributed by atoms with E-state index in [1.54, 1.807) is 0 Å². The lowest BCUT2D eigenvalue weighted by Crippen LogP contribution is -2.59. The van der Waals surface area contributed by atoms with Crippen LogP contribution in [0.2, 0.25) is 0 Å². The van der Waals surface area contributed by atoms with Gasteiger partial charge in [0.25, 0.3) is 0 Å². The van der Waals surface area contributed by atoms with Crippen LogP contribution in [0.25, 0.3) is 33.7 Å². The maximum atomic E-state index is 13.2. The second-order valence-electron chi connectivity index (χ2n) is 13.7. The average molecular weight is 656 g/mol. The highest BCUT2D eigenvalue weighted by molar-refractivity contribution is 5.85. The fourth-order valence-electron chi connectivity index (χ4n) is 7.65. The van der Waals surface area contributed by atoms with Gasteiger partial charge in [-0.3, -0.25) is 9.78 Å². The molecule has 0 aliphatic carbocycles. The van der Waals surface area contributed by atoms with Gasteiger partial charge < -0.3 is 35.3 Å². The van der Waals surface area contributed by atoms with E-state index >= 15 is 0 Å². The minimum atomic E-state index is -1.28. The van der Waals surface area contributed by atoms with Gasteiger partial charge in [-0.2, -0.15) is 0 Å². The van der Waals surface area contributed by atoms with E-state index in [9.17, 15) is 20.1 Å². The Hall–Kier alpha value is -3.83. The van der Waals surface area contributed by atoms with Crippen LogP contribution in [-0.2, 0) is 22.4 Å². The van der Waals surface area contributed by atoms with Crippen molar-refractivity contribution >= 4 is 39.6 Å². The Bertz CT molecular complexity index is 1920. The molecule has 256 valence electrons. The Morgan fingerprint density at radius 2 is 1.56 bits per heavy atom. The third-order valence-electron chi connectivity index (χ3n) is 10.8. The molecule has 8 bridgehead atoms. The molecular formula is C38H49N5O5. The summed E-state index contributed by atoms with van der Waals surface area (Å²) < 4.78 is 5.46. The summed E-state index contributed by atoms with van der Waals surface area (Å²) in [5, 5.41) is 33.0.